The fourth-order valence-electron chi connectivity index (χ4n) is 2.99. The van der Waals surface area contributed by atoms with Crippen LogP contribution in [-0.2, 0) is 30.4 Å². The third-order valence-corrected chi connectivity index (χ3v) is 5.41. The van der Waals surface area contributed by atoms with Gasteiger partial charge in [0.2, 0.25) is 5.91 Å². The summed E-state index contributed by atoms with van der Waals surface area (Å²) in [6, 6.07) is 0.861. The van der Waals surface area contributed by atoms with Crippen LogP contribution in [0.5, 0.6) is 0 Å². The highest BCUT2D eigenvalue weighted by molar-refractivity contribution is 7.17. The summed E-state index contributed by atoms with van der Waals surface area (Å²) < 4.78 is 39.0. The van der Waals surface area contributed by atoms with Gasteiger partial charge >= 0.3 is 12.1 Å². The molecule has 2 aromatic rings. The van der Waals surface area contributed by atoms with Crippen LogP contribution in [0.2, 0.25) is 0 Å². The molecule has 0 aromatic carbocycles. The standard InChI is InChI=1S/C16H16F3N3O3S/c1-8-6-11(16(17,18)19)21-22(8)7-12(23)20-14-13(15(24)25)9-4-2-3-5-10(9)26-14/h6H,2-5,7H2,1H3,(H,20,23)(H,24,25). The Balaban J connectivity index is 1.80. The van der Waals surface area contributed by atoms with Crippen LogP contribution in [0.1, 0.15) is 45.0 Å². The first kappa shape index (κ1) is 18.4. The number of alkyl halides is 3. The van der Waals surface area contributed by atoms with E-state index < -0.39 is 30.3 Å². The molecule has 26 heavy (non-hydrogen) atoms. The van der Waals surface area contributed by atoms with Crippen LogP contribution in [-0.4, -0.2) is 26.8 Å². The van der Waals surface area contributed by atoms with Crippen molar-refractivity contribution in [2.24, 2.45) is 0 Å². The number of thiophene rings is 1. The average Bonchev–Trinajstić information content (AvgIpc) is 3.07. The lowest BCUT2D eigenvalue weighted by atomic mass is 9.95. The molecular formula is C16H16F3N3O3S. The molecule has 3 rings (SSSR count). The molecule has 0 aliphatic heterocycles. The number of carboxylic acids is 1. The first-order chi connectivity index (χ1) is 12.2. The van der Waals surface area contributed by atoms with Crippen LogP contribution >= 0.6 is 11.3 Å². The van der Waals surface area contributed by atoms with E-state index in [1.807, 2.05) is 0 Å². The monoisotopic (exact) mass is 387 g/mol. The summed E-state index contributed by atoms with van der Waals surface area (Å²) in [6.07, 6.45) is -1.31. The quantitative estimate of drug-likeness (QED) is 0.841. The van der Waals surface area contributed by atoms with Gasteiger partial charge in [0.05, 0.1) is 5.56 Å². The predicted octanol–water partition coefficient (Wildman–Crippen LogP) is 3.49. The van der Waals surface area contributed by atoms with Gasteiger partial charge in [-0.3, -0.25) is 9.48 Å². The number of nitrogens with zero attached hydrogens (tertiary/aromatic N) is 2. The molecule has 1 aliphatic carbocycles. The van der Waals surface area contributed by atoms with Gasteiger partial charge in [-0.05, 0) is 44.2 Å². The zero-order valence-electron chi connectivity index (χ0n) is 13.8. The molecule has 0 saturated heterocycles. The number of aryl methyl sites for hydroxylation is 2. The SMILES string of the molecule is Cc1cc(C(F)(F)F)nn1CC(=O)Nc1sc2c(c1C(=O)O)CCCC2. The van der Waals surface area contributed by atoms with Gasteiger partial charge in [0.15, 0.2) is 5.69 Å². The van der Waals surface area contributed by atoms with E-state index in [0.717, 1.165) is 40.5 Å². The van der Waals surface area contributed by atoms with Crippen molar-refractivity contribution in [3.05, 3.63) is 33.5 Å². The number of rotatable bonds is 4. The molecule has 0 fully saturated rings. The van der Waals surface area contributed by atoms with E-state index in [4.69, 9.17) is 0 Å². The second-order valence-corrected chi connectivity index (χ2v) is 7.20. The van der Waals surface area contributed by atoms with E-state index in [1.54, 1.807) is 0 Å². The lowest BCUT2D eigenvalue weighted by molar-refractivity contribution is -0.141. The average molecular weight is 387 g/mol. The minimum Gasteiger partial charge on any atom is -0.478 e. The molecule has 0 saturated carbocycles. The number of fused-ring (bicyclic) bond motifs is 1. The third-order valence-electron chi connectivity index (χ3n) is 4.20. The highest BCUT2D eigenvalue weighted by atomic mass is 32.1. The third kappa shape index (κ3) is 3.59. The number of amides is 1. The van der Waals surface area contributed by atoms with E-state index in [1.165, 1.54) is 18.3 Å². The van der Waals surface area contributed by atoms with E-state index >= 15 is 0 Å². The highest BCUT2D eigenvalue weighted by Crippen LogP contribution is 2.38. The Morgan fingerprint density at radius 3 is 2.65 bits per heavy atom. The Labute approximate surface area is 150 Å². The molecule has 6 nitrogen and oxygen atoms in total. The van der Waals surface area contributed by atoms with Gasteiger partial charge in [-0.2, -0.15) is 18.3 Å². The summed E-state index contributed by atoms with van der Waals surface area (Å²) in [4.78, 5) is 24.8. The number of carbonyl (C=O) groups is 2. The molecular weight excluding hydrogens is 371 g/mol. The Morgan fingerprint density at radius 1 is 1.35 bits per heavy atom. The summed E-state index contributed by atoms with van der Waals surface area (Å²) in [5.41, 5.74) is -0.0399. The molecule has 2 aromatic heterocycles. The van der Waals surface area contributed by atoms with Crippen LogP contribution in [0, 0.1) is 6.92 Å². The number of aromatic carboxylic acids is 1. The van der Waals surface area contributed by atoms with Gasteiger partial charge in [-0.15, -0.1) is 11.3 Å². The first-order valence-corrected chi connectivity index (χ1v) is 8.77. The van der Waals surface area contributed by atoms with Gasteiger partial charge in [0, 0.05) is 10.6 Å². The largest absolute Gasteiger partial charge is 0.478 e. The number of nitrogens with one attached hydrogen (secondary N) is 1. The van der Waals surface area contributed by atoms with Crippen molar-refractivity contribution >= 4 is 28.2 Å². The molecule has 2 heterocycles. The van der Waals surface area contributed by atoms with E-state index in [2.05, 4.69) is 10.4 Å². The summed E-state index contributed by atoms with van der Waals surface area (Å²) in [7, 11) is 0. The zero-order chi connectivity index (χ0) is 19.1. The maximum Gasteiger partial charge on any atom is 0.435 e. The van der Waals surface area contributed by atoms with Crippen molar-refractivity contribution in [3.63, 3.8) is 0 Å². The second-order valence-electron chi connectivity index (χ2n) is 6.09. The van der Waals surface area contributed by atoms with Crippen molar-refractivity contribution in [2.75, 3.05) is 5.32 Å². The van der Waals surface area contributed by atoms with E-state index in [0.29, 0.717) is 6.42 Å². The Morgan fingerprint density at radius 2 is 2.04 bits per heavy atom. The molecule has 0 spiro atoms. The van der Waals surface area contributed by atoms with Crippen molar-refractivity contribution < 1.29 is 27.9 Å². The van der Waals surface area contributed by atoms with Crippen molar-refractivity contribution in [1.82, 2.24) is 9.78 Å². The van der Waals surface area contributed by atoms with Crippen LogP contribution < -0.4 is 5.32 Å². The van der Waals surface area contributed by atoms with Crippen LogP contribution in [0.25, 0.3) is 0 Å². The number of aromatic nitrogens is 2. The van der Waals surface area contributed by atoms with E-state index in [-0.39, 0.29) is 16.3 Å². The van der Waals surface area contributed by atoms with Crippen molar-refractivity contribution in [2.45, 2.75) is 45.3 Å². The number of anilines is 1. The minimum absolute atomic E-state index is 0.0891. The van der Waals surface area contributed by atoms with Crippen LogP contribution in [0.3, 0.4) is 0 Å². The number of carboxylic acid groups (broad SMARTS) is 1. The van der Waals surface area contributed by atoms with Crippen LogP contribution in [0.15, 0.2) is 6.07 Å². The van der Waals surface area contributed by atoms with Crippen molar-refractivity contribution in [3.8, 4) is 0 Å². The topological polar surface area (TPSA) is 84.2 Å². The molecule has 1 aliphatic rings. The molecule has 140 valence electrons. The molecule has 0 atom stereocenters. The van der Waals surface area contributed by atoms with Gasteiger partial charge in [0.1, 0.15) is 11.5 Å². The fourth-order valence-corrected chi connectivity index (χ4v) is 4.29. The molecule has 1 amide bonds. The normalized spacial score (nSPS) is 14.2. The second kappa shape index (κ2) is 6.75. The van der Waals surface area contributed by atoms with E-state index in [9.17, 15) is 27.9 Å². The number of hydrogen-bond acceptors (Lipinski definition) is 4. The summed E-state index contributed by atoms with van der Waals surface area (Å²) >= 11 is 1.22. The predicted molar refractivity (Wildman–Crippen MR) is 88.5 cm³/mol. The van der Waals surface area contributed by atoms with Gasteiger partial charge in [-0.1, -0.05) is 0 Å². The fraction of sp³-hybridized carbons (Fsp3) is 0.438. The minimum atomic E-state index is -4.59. The first-order valence-electron chi connectivity index (χ1n) is 7.96. The Bertz CT molecular complexity index is 870. The number of halogens is 3. The Kier molecular flexibility index (Phi) is 4.78. The smallest absolute Gasteiger partial charge is 0.435 e. The lowest BCUT2D eigenvalue weighted by Crippen LogP contribution is -2.21. The molecule has 0 radical (unpaired) electrons. The Hall–Kier alpha value is -2.36. The molecule has 0 unspecified atom stereocenters. The number of hydrogen-bond donors (Lipinski definition) is 2. The van der Waals surface area contributed by atoms with Gasteiger partial charge in [-0.25, -0.2) is 4.79 Å². The maximum absolute atomic E-state index is 12.7. The lowest BCUT2D eigenvalue weighted by Gasteiger charge is -2.10. The van der Waals surface area contributed by atoms with Crippen LogP contribution in [0.4, 0.5) is 18.2 Å². The summed E-state index contributed by atoms with van der Waals surface area (Å²) in [6.45, 7) is 0.992. The summed E-state index contributed by atoms with van der Waals surface area (Å²) in [5.74, 6) is -1.74. The zero-order valence-corrected chi connectivity index (χ0v) is 14.6. The van der Waals surface area contributed by atoms with Gasteiger partial charge in [0.25, 0.3) is 0 Å². The highest BCUT2D eigenvalue weighted by Gasteiger charge is 2.34. The maximum atomic E-state index is 12.7. The van der Waals surface area contributed by atoms with Crippen molar-refractivity contribution in [1.29, 1.82) is 0 Å². The number of carbonyl (C=O) groups excluding carboxylic acids is 1. The van der Waals surface area contributed by atoms with Gasteiger partial charge < -0.3 is 10.4 Å². The molecule has 2 N–H and O–H groups in total. The molecule has 0 bridgehead atoms. The summed E-state index contributed by atoms with van der Waals surface area (Å²) in [5, 5.41) is 15.6. The molecule has 10 heteroatoms.